The summed E-state index contributed by atoms with van der Waals surface area (Å²) in [6.07, 6.45) is 0.904. The lowest BCUT2D eigenvalue weighted by Gasteiger charge is -2.06. The minimum atomic E-state index is -0.446. The molecule has 0 radical (unpaired) electrons. The summed E-state index contributed by atoms with van der Waals surface area (Å²) < 4.78 is 13.2. The lowest BCUT2D eigenvalue weighted by molar-refractivity contribution is -0.385. The van der Waals surface area contributed by atoms with Crippen LogP contribution in [0.4, 0.5) is 15.9 Å². The fourth-order valence-corrected chi connectivity index (χ4v) is 2.48. The Morgan fingerprint density at radius 3 is 2.86 bits per heavy atom. The van der Waals surface area contributed by atoms with E-state index in [1.54, 1.807) is 25.1 Å². The van der Waals surface area contributed by atoms with Gasteiger partial charge in [-0.25, -0.2) is 9.37 Å². The second kappa shape index (κ2) is 5.12. The van der Waals surface area contributed by atoms with Crippen LogP contribution in [0.15, 0.2) is 36.4 Å². The van der Waals surface area contributed by atoms with Crippen molar-refractivity contribution in [3.63, 3.8) is 0 Å². The highest BCUT2D eigenvalue weighted by molar-refractivity contribution is 5.47. The average Bonchev–Trinajstić information content (AvgIpc) is 3.17. The first-order valence-electron chi connectivity index (χ1n) is 6.68. The molecule has 0 amide bonds. The zero-order valence-electron chi connectivity index (χ0n) is 11.4. The van der Waals surface area contributed by atoms with Crippen molar-refractivity contribution in [3.8, 4) is 0 Å². The molecule has 108 valence electrons. The van der Waals surface area contributed by atoms with Gasteiger partial charge in [-0.15, -0.1) is 0 Å². The summed E-state index contributed by atoms with van der Waals surface area (Å²) in [6, 6.07) is 9.82. The Kier molecular flexibility index (Phi) is 3.29. The Labute approximate surface area is 121 Å². The maximum absolute atomic E-state index is 13.2. The van der Waals surface area contributed by atoms with Gasteiger partial charge in [-0.3, -0.25) is 10.1 Å². The van der Waals surface area contributed by atoms with Crippen molar-refractivity contribution in [1.82, 2.24) is 4.98 Å². The summed E-state index contributed by atoms with van der Waals surface area (Å²) in [7, 11) is 0. The SMILES string of the molecule is Cc1nc(N[C@@H]2C[C@H]2c2cccc(F)c2)ccc1[N+](=O)[O-]. The largest absolute Gasteiger partial charge is 0.367 e. The van der Waals surface area contributed by atoms with Crippen LogP contribution in [0.2, 0.25) is 0 Å². The molecule has 0 spiro atoms. The van der Waals surface area contributed by atoms with Crippen molar-refractivity contribution < 1.29 is 9.31 Å². The Balaban J connectivity index is 1.69. The fraction of sp³-hybridized carbons (Fsp3) is 0.267. The van der Waals surface area contributed by atoms with Gasteiger partial charge >= 0.3 is 0 Å². The van der Waals surface area contributed by atoms with Gasteiger partial charge < -0.3 is 5.32 Å². The van der Waals surface area contributed by atoms with Crippen molar-refractivity contribution in [2.45, 2.75) is 25.3 Å². The number of hydrogen-bond acceptors (Lipinski definition) is 4. The summed E-state index contributed by atoms with van der Waals surface area (Å²) in [4.78, 5) is 14.5. The normalized spacial score (nSPS) is 20.1. The van der Waals surface area contributed by atoms with Gasteiger partial charge in [0, 0.05) is 18.0 Å². The molecule has 21 heavy (non-hydrogen) atoms. The number of nitrogens with zero attached hydrogens (tertiary/aromatic N) is 2. The summed E-state index contributed by atoms with van der Waals surface area (Å²) in [6.45, 7) is 1.61. The number of halogens is 1. The predicted octanol–water partition coefficient (Wildman–Crippen LogP) is 3.41. The van der Waals surface area contributed by atoms with Crippen LogP contribution in [-0.2, 0) is 0 Å². The second-order valence-electron chi connectivity index (χ2n) is 5.21. The van der Waals surface area contributed by atoms with Gasteiger partial charge in [0.05, 0.1) is 4.92 Å². The number of aromatic nitrogens is 1. The monoisotopic (exact) mass is 287 g/mol. The van der Waals surface area contributed by atoms with Gasteiger partial charge in [-0.1, -0.05) is 12.1 Å². The number of benzene rings is 1. The lowest BCUT2D eigenvalue weighted by atomic mass is 10.1. The molecule has 1 aromatic heterocycles. The Bertz CT molecular complexity index is 705. The van der Waals surface area contributed by atoms with Crippen molar-refractivity contribution in [2.75, 3.05) is 5.32 Å². The highest BCUT2D eigenvalue weighted by Gasteiger charge is 2.38. The smallest absolute Gasteiger partial charge is 0.290 e. The molecule has 0 unspecified atom stereocenters. The molecule has 2 atom stereocenters. The van der Waals surface area contributed by atoms with Gasteiger partial charge in [-0.2, -0.15) is 0 Å². The molecule has 3 rings (SSSR count). The highest BCUT2D eigenvalue weighted by atomic mass is 19.1. The van der Waals surface area contributed by atoms with Crippen LogP contribution in [0.3, 0.4) is 0 Å². The molecule has 1 aliphatic rings. The summed E-state index contributed by atoms with van der Waals surface area (Å²) in [5, 5.41) is 14.0. The molecule has 1 aromatic carbocycles. The molecule has 0 aliphatic heterocycles. The molecular formula is C15H14FN3O2. The molecule has 5 nitrogen and oxygen atoms in total. The van der Waals surface area contributed by atoms with Crippen LogP contribution in [0, 0.1) is 22.9 Å². The Hall–Kier alpha value is -2.50. The third-order valence-corrected chi connectivity index (χ3v) is 3.66. The van der Waals surface area contributed by atoms with Gasteiger partial charge in [0.25, 0.3) is 5.69 Å². The van der Waals surface area contributed by atoms with Crippen molar-refractivity contribution >= 4 is 11.5 Å². The van der Waals surface area contributed by atoms with Crippen molar-refractivity contribution in [3.05, 3.63) is 63.6 Å². The van der Waals surface area contributed by atoms with E-state index in [9.17, 15) is 14.5 Å². The molecular weight excluding hydrogens is 273 g/mol. The third-order valence-electron chi connectivity index (χ3n) is 3.66. The number of pyridine rings is 1. The first kappa shape index (κ1) is 13.5. The van der Waals surface area contributed by atoms with Crippen LogP contribution in [0.5, 0.6) is 0 Å². The highest BCUT2D eigenvalue weighted by Crippen LogP contribution is 2.42. The van der Waals surface area contributed by atoms with E-state index in [4.69, 9.17) is 0 Å². The molecule has 1 fully saturated rings. The number of nitrogens with one attached hydrogen (secondary N) is 1. The first-order valence-corrected chi connectivity index (χ1v) is 6.68. The zero-order valence-corrected chi connectivity index (χ0v) is 11.4. The van der Waals surface area contributed by atoms with E-state index in [2.05, 4.69) is 10.3 Å². The minimum Gasteiger partial charge on any atom is -0.367 e. The quantitative estimate of drug-likeness (QED) is 0.691. The summed E-state index contributed by atoms with van der Waals surface area (Å²) >= 11 is 0. The average molecular weight is 287 g/mol. The van der Waals surface area contributed by atoms with Gasteiger partial charge in [0.15, 0.2) is 0 Å². The molecule has 1 heterocycles. The van der Waals surface area contributed by atoms with Crippen LogP contribution in [-0.4, -0.2) is 15.9 Å². The first-order chi connectivity index (χ1) is 10.0. The lowest BCUT2D eigenvalue weighted by Crippen LogP contribution is -2.07. The summed E-state index contributed by atoms with van der Waals surface area (Å²) in [5.74, 6) is 0.641. The number of rotatable bonds is 4. The van der Waals surface area contributed by atoms with Crippen LogP contribution in [0.1, 0.15) is 23.6 Å². The van der Waals surface area contributed by atoms with Crippen LogP contribution >= 0.6 is 0 Å². The standard InChI is InChI=1S/C15H14FN3O2/c1-9-14(19(20)21)5-6-15(17-9)18-13-8-12(13)10-3-2-4-11(16)7-10/h2-7,12-13H,8H2,1H3,(H,17,18)/t12-,13+/m0/s1. The van der Waals surface area contributed by atoms with Crippen molar-refractivity contribution in [2.24, 2.45) is 0 Å². The van der Waals surface area contributed by atoms with Crippen LogP contribution < -0.4 is 5.32 Å². The molecule has 2 aromatic rings. The van der Waals surface area contributed by atoms with E-state index in [-0.39, 0.29) is 23.5 Å². The van der Waals surface area contributed by atoms with E-state index in [1.165, 1.54) is 12.1 Å². The maximum atomic E-state index is 13.2. The van der Waals surface area contributed by atoms with Crippen LogP contribution in [0.25, 0.3) is 0 Å². The number of anilines is 1. The van der Waals surface area contributed by atoms with Gasteiger partial charge in [-0.05, 0) is 37.1 Å². The van der Waals surface area contributed by atoms with E-state index in [0.717, 1.165) is 12.0 Å². The number of hydrogen-bond donors (Lipinski definition) is 1. The number of aryl methyl sites for hydroxylation is 1. The maximum Gasteiger partial charge on any atom is 0.290 e. The van der Waals surface area contributed by atoms with E-state index >= 15 is 0 Å². The van der Waals surface area contributed by atoms with Gasteiger partial charge in [0.2, 0.25) is 0 Å². The molecule has 1 N–H and O–H groups in total. The van der Waals surface area contributed by atoms with Gasteiger partial charge in [0.1, 0.15) is 17.3 Å². The van der Waals surface area contributed by atoms with Crippen molar-refractivity contribution in [1.29, 1.82) is 0 Å². The van der Waals surface area contributed by atoms with E-state index in [0.29, 0.717) is 11.5 Å². The summed E-state index contributed by atoms with van der Waals surface area (Å²) in [5.41, 5.74) is 1.36. The third kappa shape index (κ3) is 2.84. The fourth-order valence-electron chi connectivity index (χ4n) is 2.48. The molecule has 0 saturated heterocycles. The molecule has 6 heteroatoms. The topological polar surface area (TPSA) is 68.1 Å². The molecule has 1 saturated carbocycles. The molecule has 0 bridgehead atoms. The second-order valence-corrected chi connectivity index (χ2v) is 5.21. The molecule has 1 aliphatic carbocycles. The van der Waals surface area contributed by atoms with E-state index in [1.807, 2.05) is 6.07 Å². The van der Waals surface area contributed by atoms with E-state index < -0.39 is 4.92 Å². The predicted molar refractivity (Wildman–Crippen MR) is 76.8 cm³/mol. The number of nitro groups is 1. The minimum absolute atomic E-state index is 0.0121. The zero-order chi connectivity index (χ0) is 15.0. The Morgan fingerprint density at radius 1 is 1.38 bits per heavy atom. The Morgan fingerprint density at radius 2 is 2.19 bits per heavy atom.